The fraction of sp³-hybridized carbons (Fsp3) is 0.312. The third kappa shape index (κ3) is 4.77. The molecule has 0 radical (unpaired) electrons. The second-order valence-corrected chi connectivity index (χ2v) is 4.54. The molecule has 110 valence electrons. The van der Waals surface area contributed by atoms with Crippen molar-refractivity contribution in [3.8, 4) is 6.07 Å². The van der Waals surface area contributed by atoms with Gasteiger partial charge in [0.1, 0.15) is 0 Å². The molecule has 21 heavy (non-hydrogen) atoms. The van der Waals surface area contributed by atoms with Gasteiger partial charge in [0.05, 0.1) is 12.5 Å². The van der Waals surface area contributed by atoms with Crippen LogP contribution in [0.4, 0.5) is 0 Å². The number of nitrogens with zero attached hydrogens (tertiary/aromatic N) is 2. The first-order chi connectivity index (χ1) is 9.99. The average molecular weight is 286 g/mol. The van der Waals surface area contributed by atoms with Crippen molar-refractivity contribution in [3.63, 3.8) is 0 Å². The number of hydrogen-bond acceptors (Lipinski definition) is 3. The van der Waals surface area contributed by atoms with Crippen LogP contribution in [0.15, 0.2) is 24.3 Å². The van der Waals surface area contributed by atoms with Gasteiger partial charge in [0.2, 0.25) is 0 Å². The third-order valence-electron chi connectivity index (χ3n) is 3.08. The van der Waals surface area contributed by atoms with E-state index in [4.69, 9.17) is 10.4 Å². The zero-order valence-corrected chi connectivity index (χ0v) is 12.2. The van der Waals surface area contributed by atoms with Crippen molar-refractivity contribution < 1.29 is 14.7 Å². The Morgan fingerprint density at radius 3 is 2.67 bits per heavy atom. The van der Waals surface area contributed by atoms with Gasteiger partial charge in [0, 0.05) is 24.7 Å². The van der Waals surface area contributed by atoms with Gasteiger partial charge in [-0.3, -0.25) is 4.79 Å². The highest BCUT2D eigenvalue weighted by atomic mass is 16.4. The number of hydrogen-bond donors (Lipinski definition) is 1. The van der Waals surface area contributed by atoms with E-state index in [2.05, 4.69) is 0 Å². The van der Waals surface area contributed by atoms with E-state index < -0.39 is 5.97 Å². The number of carboxylic acid groups (broad SMARTS) is 1. The zero-order valence-electron chi connectivity index (χ0n) is 12.2. The van der Waals surface area contributed by atoms with Gasteiger partial charge in [-0.1, -0.05) is 6.07 Å². The summed E-state index contributed by atoms with van der Waals surface area (Å²) >= 11 is 0. The van der Waals surface area contributed by atoms with Gasteiger partial charge in [-0.15, -0.1) is 0 Å². The van der Waals surface area contributed by atoms with E-state index in [1.165, 1.54) is 6.08 Å². The summed E-state index contributed by atoms with van der Waals surface area (Å²) in [4.78, 5) is 24.4. The molecule has 1 aromatic rings. The maximum absolute atomic E-state index is 12.3. The SMILES string of the molecule is CCN(CCC#N)C(=O)c1ccc(/C=C/C(=O)O)c(C)c1. The third-order valence-corrected chi connectivity index (χ3v) is 3.08. The molecule has 0 unspecified atom stereocenters. The lowest BCUT2D eigenvalue weighted by molar-refractivity contribution is -0.131. The molecule has 5 nitrogen and oxygen atoms in total. The number of aliphatic carboxylic acids is 1. The highest BCUT2D eigenvalue weighted by Crippen LogP contribution is 2.15. The van der Waals surface area contributed by atoms with Crippen LogP contribution in [0.5, 0.6) is 0 Å². The van der Waals surface area contributed by atoms with Crippen LogP contribution in [0.3, 0.4) is 0 Å². The lowest BCUT2D eigenvalue weighted by atomic mass is 10.0. The summed E-state index contributed by atoms with van der Waals surface area (Å²) in [5.74, 6) is -1.13. The highest BCUT2D eigenvalue weighted by molar-refractivity contribution is 5.95. The number of rotatable bonds is 6. The Morgan fingerprint density at radius 2 is 2.14 bits per heavy atom. The first-order valence-electron chi connectivity index (χ1n) is 6.67. The molecule has 1 aromatic carbocycles. The number of amides is 1. The van der Waals surface area contributed by atoms with Crippen molar-refractivity contribution in [2.75, 3.05) is 13.1 Å². The molecule has 0 heterocycles. The van der Waals surface area contributed by atoms with Gasteiger partial charge in [-0.25, -0.2) is 4.79 Å². The quantitative estimate of drug-likeness (QED) is 0.814. The first-order valence-corrected chi connectivity index (χ1v) is 6.67. The number of nitriles is 1. The van der Waals surface area contributed by atoms with E-state index in [1.807, 2.05) is 19.9 Å². The minimum absolute atomic E-state index is 0.121. The van der Waals surface area contributed by atoms with Crippen LogP contribution in [0.2, 0.25) is 0 Å². The van der Waals surface area contributed by atoms with Crippen molar-refractivity contribution >= 4 is 18.0 Å². The van der Waals surface area contributed by atoms with Crippen LogP contribution >= 0.6 is 0 Å². The topological polar surface area (TPSA) is 81.4 Å². The Morgan fingerprint density at radius 1 is 1.43 bits per heavy atom. The molecule has 0 spiro atoms. The molecule has 5 heteroatoms. The van der Waals surface area contributed by atoms with Gasteiger partial charge < -0.3 is 10.0 Å². The van der Waals surface area contributed by atoms with Gasteiger partial charge in [-0.2, -0.15) is 5.26 Å². The summed E-state index contributed by atoms with van der Waals surface area (Å²) in [7, 11) is 0. The molecule has 0 bridgehead atoms. The van der Waals surface area contributed by atoms with Crippen LogP contribution in [0.25, 0.3) is 6.08 Å². The molecule has 1 rings (SSSR count). The van der Waals surface area contributed by atoms with Gasteiger partial charge in [0.25, 0.3) is 5.91 Å². The first kappa shape index (κ1) is 16.4. The molecule has 0 aliphatic rings. The zero-order chi connectivity index (χ0) is 15.8. The second kappa shape index (κ2) is 7.85. The molecule has 0 aliphatic carbocycles. The molecule has 1 amide bonds. The predicted octanol–water partition coefficient (Wildman–Crippen LogP) is 2.47. The van der Waals surface area contributed by atoms with E-state index in [1.54, 1.807) is 23.1 Å². The molecule has 0 atom stereocenters. The van der Waals surface area contributed by atoms with E-state index in [0.717, 1.165) is 17.2 Å². The number of carbonyl (C=O) groups excluding carboxylic acids is 1. The predicted molar refractivity (Wildman–Crippen MR) is 79.7 cm³/mol. The van der Waals surface area contributed by atoms with Crippen LogP contribution in [-0.4, -0.2) is 35.0 Å². The fourth-order valence-corrected chi connectivity index (χ4v) is 1.93. The van der Waals surface area contributed by atoms with E-state index >= 15 is 0 Å². The van der Waals surface area contributed by atoms with Crippen molar-refractivity contribution in [1.82, 2.24) is 4.90 Å². The maximum atomic E-state index is 12.3. The van der Waals surface area contributed by atoms with Crippen LogP contribution < -0.4 is 0 Å². The summed E-state index contributed by atoms with van der Waals surface area (Å²) in [5, 5.41) is 17.2. The van der Waals surface area contributed by atoms with Gasteiger partial charge >= 0.3 is 5.97 Å². The molecular weight excluding hydrogens is 268 g/mol. The van der Waals surface area contributed by atoms with Crippen molar-refractivity contribution in [2.45, 2.75) is 20.3 Å². The lowest BCUT2D eigenvalue weighted by Gasteiger charge is -2.20. The molecular formula is C16H18N2O3. The molecule has 1 N–H and O–H groups in total. The Kier molecular flexibility index (Phi) is 6.15. The highest BCUT2D eigenvalue weighted by Gasteiger charge is 2.14. The van der Waals surface area contributed by atoms with Gasteiger partial charge in [-0.05, 0) is 43.2 Å². The number of aryl methyl sites for hydroxylation is 1. The Hall–Kier alpha value is -2.61. The van der Waals surface area contributed by atoms with Gasteiger partial charge in [0.15, 0.2) is 0 Å². The number of carboxylic acids is 1. The maximum Gasteiger partial charge on any atom is 0.328 e. The van der Waals surface area contributed by atoms with E-state index in [0.29, 0.717) is 25.1 Å². The average Bonchev–Trinajstić information content (AvgIpc) is 2.46. The Labute approximate surface area is 124 Å². The largest absolute Gasteiger partial charge is 0.478 e. The summed E-state index contributed by atoms with van der Waals surface area (Å²) in [5.41, 5.74) is 2.13. The molecule has 0 aromatic heterocycles. The smallest absolute Gasteiger partial charge is 0.328 e. The molecule has 0 fully saturated rings. The van der Waals surface area contributed by atoms with E-state index in [-0.39, 0.29) is 5.91 Å². The molecule has 0 saturated carbocycles. The molecule has 0 aliphatic heterocycles. The minimum Gasteiger partial charge on any atom is -0.478 e. The monoisotopic (exact) mass is 286 g/mol. The summed E-state index contributed by atoms with van der Waals surface area (Å²) in [6.07, 6.45) is 2.87. The Bertz CT molecular complexity index is 600. The summed E-state index contributed by atoms with van der Waals surface area (Å²) < 4.78 is 0. The fourth-order valence-electron chi connectivity index (χ4n) is 1.93. The number of benzene rings is 1. The summed E-state index contributed by atoms with van der Waals surface area (Å²) in [6.45, 7) is 4.64. The van der Waals surface area contributed by atoms with Crippen LogP contribution in [0.1, 0.15) is 34.8 Å². The summed E-state index contributed by atoms with van der Waals surface area (Å²) in [6, 6.07) is 7.16. The minimum atomic E-state index is -1.01. The van der Waals surface area contributed by atoms with Crippen molar-refractivity contribution in [3.05, 3.63) is 41.0 Å². The van der Waals surface area contributed by atoms with Crippen molar-refractivity contribution in [1.29, 1.82) is 5.26 Å². The van der Waals surface area contributed by atoms with Crippen LogP contribution in [0, 0.1) is 18.3 Å². The lowest BCUT2D eigenvalue weighted by Crippen LogP contribution is -2.31. The van der Waals surface area contributed by atoms with Crippen LogP contribution in [-0.2, 0) is 4.79 Å². The normalized spacial score (nSPS) is 10.3. The Balaban J connectivity index is 2.94. The molecule has 0 saturated heterocycles. The second-order valence-electron chi connectivity index (χ2n) is 4.54. The standard InChI is InChI=1S/C16H18N2O3/c1-3-18(10-4-9-17)16(21)14-6-5-13(12(2)11-14)7-8-15(19)20/h5-8,11H,3-4,10H2,1-2H3,(H,19,20)/b8-7+. The van der Waals surface area contributed by atoms with Crippen molar-refractivity contribution in [2.24, 2.45) is 0 Å². The number of carbonyl (C=O) groups is 2. The van der Waals surface area contributed by atoms with E-state index in [9.17, 15) is 9.59 Å².